The predicted molar refractivity (Wildman–Crippen MR) is 75.5 cm³/mol. The maximum Gasteiger partial charge on any atom is 0.260 e. The maximum atomic E-state index is 11.8. The van der Waals surface area contributed by atoms with Crippen molar-refractivity contribution < 1.29 is 14.6 Å². The Hall–Kier alpha value is -1.26. The lowest BCUT2D eigenvalue weighted by atomic mass is 10.1. The van der Waals surface area contributed by atoms with Gasteiger partial charge in [0.05, 0.1) is 6.10 Å². The van der Waals surface area contributed by atoms with Crippen LogP contribution in [-0.2, 0) is 4.79 Å². The molecule has 0 aliphatic carbocycles. The lowest BCUT2D eigenvalue weighted by molar-refractivity contribution is -0.133. The van der Waals surface area contributed by atoms with Crippen molar-refractivity contribution in [3.8, 4) is 5.75 Å². The number of carbonyl (C=O) groups is 1. The Morgan fingerprint density at radius 1 is 1.42 bits per heavy atom. The van der Waals surface area contributed by atoms with Crippen LogP contribution >= 0.6 is 11.6 Å². The molecular weight excluding hydrogens is 266 g/mol. The summed E-state index contributed by atoms with van der Waals surface area (Å²) in [5.41, 5.74) is 0.583. The Balaban J connectivity index is 2.75. The van der Waals surface area contributed by atoms with Crippen molar-refractivity contribution in [2.45, 2.75) is 26.9 Å². The van der Waals surface area contributed by atoms with E-state index in [1.165, 1.54) is 0 Å². The van der Waals surface area contributed by atoms with Gasteiger partial charge in [0.15, 0.2) is 6.61 Å². The van der Waals surface area contributed by atoms with E-state index >= 15 is 0 Å². The van der Waals surface area contributed by atoms with Crippen LogP contribution in [0.4, 0.5) is 0 Å². The van der Waals surface area contributed by atoms with Gasteiger partial charge in [-0.1, -0.05) is 11.6 Å². The summed E-state index contributed by atoms with van der Waals surface area (Å²) in [6, 6.07) is 4.98. The normalized spacial score (nSPS) is 12.1. The minimum Gasteiger partial charge on any atom is -0.483 e. The zero-order valence-electron chi connectivity index (χ0n) is 11.5. The van der Waals surface area contributed by atoms with Gasteiger partial charge in [0.1, 0.15) is 5.75 Å². The van der Waals surface area contributed by atoms with Crippen LogP contribution < -0.4 is 4.74 Å². The minimum absolute atomic E-state index is 0.0387. The van der Waals surface area contributed by atoms with Crippen LogP contribution in [0, 0.1) is 0 Å². The molecule has 1 atom stereocenters. The molecule has 0 fully saturated rings. The summed E-state index contributed by atoms with van der Waals surface area (Å²) in [7, 11) is 0. The van der Waals surface area contributed by atoms with E-state index in [9.17, 15) is 9.90 Å². The molecule has 0 heterocycles. The second-order valence-corrected chi connectivity index (χ2v) is 4.65. The molecule has 1 aromatic rings. The monoisotopic (exact) mass is 285 g/mol. The summed E-state index contributed by atoms with van der Waals surface area (Å²) in [6.45, 7) is 6.74. The molecule has 0 aliphatic heterocycles. The van der Waals surface area contributed by atoms with E-state index < -0.39 is 6.10 Å². The van der Waals surface area contributed by atoms with Crippen LogP contribution in [-0.4, -0.2) is 35.6 Å². The number of likely N-dealkylation sites (N-methyl/N-ethyl adjacent to an activating group) is 1. The van der Waals surface area contributed by atoms with E-state index in [0.29, 0.717) is 29.4 Å². The average molecular weight is 286 g/mol. The number of hydrogen-bond acceptors (Lipinski definition) is 3. The molecular formula is C14H20ClNO3. The minimum atomic E-state index is -0.697. The summed E-state index contributed by atoms with van der Waals surface area (Å²) < 4.78 is 5.49. The maximum absolute atomic E-state index is 11.8. The van der Waals surface area contributed by atoms with E-state index in [-0.39, 0.29) is 12.5 Å². The summed E-state index contributed by atoms with van der Waals surface area (Å²) >= 11 is 5.88. The average Bonchev–Trinajstić information content (AvgIpc) is 2.38. The van der Waals surface area contributed by atoms with Gasteiger partial charge in [0.2, 0.25) is 0 Å². The lowest BCUT2D eigenvalue weighted by Crippen LogP contribution is -2.34. The molecule has 19 heavy (non-hydrogen) atoms. The van der Waals surface area contributed by atoms with Crippen molar-refractivity contribution in [1.29, 1.82) is 0 Å². The molecule has 1 aromatic carbocycles. The highest BCUT2D eigenvalue weighted by Crippen LogP contribution is 2.28. The number of ether oxygens (including phenoxy) is 1. The largest absolute Gasteiger partial charge is 0.483 e. The Kier molecular flexibility index (Phi) is 6.12. The van der Waals surface area contributed by atoms with E-state index in [0.717, 1.165) is 0 Å². The van der Waals surface area contributed by atoms with Gasteiger partial charge in [-0.3, -0.25) is 4.79 Å². The van der Waals surface area contributed by atoms with Crippen LogP contribution in [0.15, 0.2) is 18.2 Å². The van der Waals surface area contributed by atoms with Crippen molar-refractivity contribution in [2.24, 2.45) is 0 Å². The second-order valence-electron chi connectivity index (χ2n) is 4.21. The molecule has 1 N–H and O–H groups in total. The Morgan fingerprint density at radius 3 is 2.58 bits per heavy atom. The first-order valence-corrected chi connectivity index (χ1v) is 6.75. The first-order chi connectivity index (χ1) is 8.99. The van der Waals surface area contributed by atoms with Gasteiger partial charge in [-0.15, -0.1) is 0 Å². The van der Waals surface area contributed by atoms with Gasteiger partial charge < -0.3 is 14.7 Å². The molecule has 0 bridgehead atoms. The molecule has 5 heteroatoms. The number of nitrogens with zero attached hydrogens (tertiary/aromatic N) is 1. The van der Waals surface area contributed by atoms with Gasteiger partial charge in [-0.05, 0) is 39.0 Å². The fraction of sp³-hybridized carbons (Fsp3) is 0.500. The van der Waals surface area contributed by atoms with E-state index in [1.54, 1.807) is 30.0 Å². The summed E-state index contributed by atoms with van der Waals surface area (Å²) in [5.74, 6) is 0.413. The van der Waals surface area contributed by atoms with Crippen LogP contribution in [0.2, 0.25) is 5.02 Å². The highest BCUT2D eigenvalue weighted by Gasteiger charge is 2.14. The van der Waals surface area contributed by atoms with Gasteiger partial charge in [0.25, 0.3) is 5.91 Å². The number of aliphatic hydroxyl groups is 1. The van der Waals surface area contributed by atoms with Crippen molar-refractivity contribution in [3.63, 3.8) is 0 Å². The number of aliphatic hydroxyl groups excluding tert-OH is 1. The molecule has 1 rings (SSSR count). The van der Waals surface area contributed by atoms with Crippen molar-refractivity contribution in [3.05, 3.63) is 28.8 Å². The third kappa shape index (κ3) is 4.40. The molecule has 1 amide bonds. The third-order valence-corrected chi connectivity index (χ3v) is 3.12. The zero-order valence-corrected chi connectivity index (χ0v) is 12.3. The number of hydrogen-bond donors (Lipinski definition) is 1. The van der Waals surface area contributed by atoms with Gasteiger partial charge in [-0.25, -0.2) is 0 Å². The van der Waals surface area contributed by atoms with E-state index in [4.69, 9.17) is 16.3 Å². The van der Waals surface area contributed by atoms with Gasteiger partial charge in [-0.2, -0.15) is 0 Å². The SMILES string of the molecule is CCN(CC)C(=O)COc1ccc(Cl)cc1[C@@H](C)O. The van der Waals surface area contributed by atoms with E-state index in [2.05, 4.69) is 0 Å². The number of benzene rings is 1. The first-order valence-electron chi connectivity index (χ1n) is 6.37. The number of carbonyl (C=O) groups excluding carboxylic acids is 1. The van der Waals surface area contributed by atoms with Crippen molar-refractivity contribution >= 4 is 17.5 Å². The summed E-state index contributed by atoms with van der Waals surface area (Å²) in [6.07, 6.45) is -0.697. The molecule has 106 valence electrons. The quantitative estimate of drug-likeness (QED) is 0.874. The molecule has 4 nitrogen and oxygen atoms in total. The predicted octanol–water partition coefficient (Wildman–Crippen LogP) is 2.64. The van der Waals surface area contributed by atoms with Crippen LogP contribution in [0.3, 0.4) is 0 Å². The number of rotatable bonds is 6. The molecule has 0 saturated heterocycles. The molecule has 0 radical (unpaired) electrons. The number of halogens is 1. The smallest absolute Gasteiger partial charge is 0.260 e. The van der Waals surface area contributed by atoms with E-state index in [1.807, 2.05) is 13.8 Å². The standard InChI is InChI=1S/C14H20ClNO3/c1-4-16(5-2)14(18)9-19-13-7-6-11(15)8-12(13)10(3)17/h6-8,10,17H,4-5,9H2,1-3H3/t10-/m1/s1. The van der Waals surface area contributed by atoms with Crippen LogP contribution in [0.5, 0.6) is 5.75 Å². The van der Waals surface area contributed by atoms with Crippen molar-refractivity contribution in [2.75, 3.05) is 19.7 Å². The summed E-state index contributed by atoms with van der Waals surface area (Å²) in [4.78, 5) is 13.5. The molecule has 0 aromatic heterocycles. The fourth-order valence-electron chi connectivity index (χ4n) is 1.78. The van der Waals surface area contributed by atoms with Crippen molar-refractivity contribution in [1.82, 2.24) is 4.90 Å². The Labute approximate surface area is 118 Å². The van der Waals surface area contributed by atoms with Gasteiger partial charge in [0, 0.05) is 23.7 Å². The Bertz CT molecular complexity index is 431. The van der Waals surface area contributed by atoms with Crippen LogP contribution in [0.1, 0.15) is 32.4 Å². The third-order valence-electron chi connectivity index (χ3n) is 2.89. The first kappa shape index (κ1) is 15.8. The second kappa shape index (κ2) is 7.36. The molecule has 0 spiro atoms. The molecule has 0 aliphatic rings. The van der Waals surface area contributed by atoms with Crippen LogP contribution in [0.25, 0.3) is 0 Å². The zero-order chi connectivity index (χ0) is 14.4. The fourth-order valence-corrected chi connectivity index (χ4v) is 1.96. The molecule has 0 saturated carbocycles. The topological polar surface area (TPSA) is 49.8 Å². The summed E-state index contributed by atoms with van der Waals surface area (Å²) in [5, 5.41) is 10.2. The highest BCUT2D eigenvalue weighted by atomic mass is 35.5. The van der Waals surface area contributed by atoms with Gasteiger partial charge >= 0.3 is 0 Å². The highest BCUT2D eigenvalue weighted by molar-refractivity contribution is 6.30. The Morgan fingerprint density at radius 2 is 2.05 bits per heavy atom. The lowest BCUT2D eigenvalue weighted by Gasteiger charge is -2.20. The number of amides is 1. The molecule has 0 unspecified atom stereocenters.